The molecule has 2 aromatic heterocycles. The Labute approximate surface area is 299 Å². The van der Waals surface area contributed by atoms with Crippen LogP contribution in [0.25, 0.3) is 22.2 Å². The second kappa shape index (κ2) is 17.2. The number of nitrogens with one attached hydrogen (secondary N) is 4. The van der Waals surface area contributed by atoms with Gasteiger partial charge in [0, 0.05) is 101 Å². The Hall–Kier alpha value is -4.39. The zero-order valence-electron chi connectivity index (χ0n) is 30.1. The summed E-state index contributed by atoms with van der Waals surface area (Å²) in [7, 11) is 0. The fourth-order valence-electron chi connectivity index (χ4n) is 6.99. The van der Waals surface area contributed by atoms with E-state index in [0.717, 1.165) is 83.7 Å². The average molecular weight is 699 g/mol. The molecule has 4 heterocycles. The number of pyridine rings is 1. The summed E-state index contributed by atoms with van der Waals surface area (Å²) in [5.74, 6) is -0.762. The Morgan fingerprint density at radius 3 is 2.55 bits per heavy atom. The monoisotopic (exact) mass is 698 g/mol. The number of ether oxygens (including phenoxy) is 1. The third-order valence-electron chi connectivity index (χ3n) is 10.0. The van der Waals surface area contributed by atoms with Crippen molar-refractivity contribution in [3.8, 4) is 11.1 Å². The number of nitrogens with zero attached hydrogens (tertiary/aromatic N) is 4. The predicted octanol–water partition coefficient (Wildman–Crippen LogP) is 4.92. The summed E-state index contributed by atoms with van der Waals surface area (Å²) in [5.41, 5.74) is 6.88. The van der Waals surface area contributed by atoms with Gasteiger partial charge < -0.3 is 26.0 Å². The molecule has 272 valence electrons. The van der Waals surface area contributed by atoms with E-state index in [4.69, 9.17) is 9.72 Å². The number of hydrogen-bond donors (Lipinski definition) is 4. The van der Waals surface area contributed by atoms with Crippen molar-refractivity contribution in [1.29, 1.82) is 0 Å². The third kappa shape index (κ3) is 9.10. The highest BCUT2D eigenvalue weighted by atomic mass is 19.1. The molecule has 2 aliphatic heterocycles. The molecule has 2 aromatic carbocycles. The first-order chi connectivity index (χ1) is 24.8. The molecule has 0 unspecified atom stereocenters. The van der Waals surface area contributed by atoms with Gasteiger partial charge >= 0.3 is 0 Å². The van der Waals surface area contributed by atoms with Gasteiger partial charge in [-0.15, -0.1) is 0 Å². The van der Waals surface area contributed by atoms with Crippen molar-refractivity contribution >= 4 is 28.5 Å². The van der Waals surface area contributed by atoms with Gasteiger partial charge in [0.15, 0.2) is 5.65 Å². The summed E-state index contributed by atoms with van der Waals surface area (Å²) in [6.45, 7) is 12.7. The van der Waals surface area contributed by atoms with Crippen LogP contribution < -0.4 is 21.3 Å². The summed E-state index contributed by atoms with van der Waals surface area (Å²) in [6, 6.07) is 13.6. The number of halogens is 1. The number of aromatic nitrogens is 3. The van der Waals surface area contributed by atoms with E-state index in [1.165, 1.54) is 6.07 Å². The highest BCUT2D eigenvalue weighted by Crippen LogP contribution is 2.31. The number of piperazine rings is 1. The molecule has 1 atom stereocenters. The molecular formula is C39H51FN8O3. The maximum atomic E-state index is 15.0. The lowest BCUT2D eigenvalue weighted by molar-refractivity contribution is -0.126. The molecule has 0 saturated carbocycles. The first-order valence-corrected chi connectivity index (χ1v) is 18.4. The van der Waals surface area contributed by atoms with Crippen LogP contribution in [0.1, 0.15) is 68.8 Å². The number of rotatable bonds is 14. The Kier molecular flexibility index (Phi) is 12.3. The van der Waals surface area contributed by atoms with Crippen LogP contribution in [0.5, 0.6) is 0 Å². The predicted molar refractivity (Wildman–Crippen MR) is 198 cm³/mol. The second-order valence-corrected chi connectivity index (χ2v) is 13.6. The van der Waals surface area contributed by atoms with Crippen LogP contribution in [-0.2, 0) is 46.9 Å². The summed E-state index contributed by atoms with van der Waals surface area (Å²) < 4.78 is 22.5. The molecule has 2 fully saturated rings. The van der Waals surface area contributed by atoms with Gasteiger partial charge in [0.25, 0.3) is 0 Å². The van der Waals surface area contributed by atoms with Gasteiger partial charge in [0.2, 0.25) is 11.8 Å². The van der Waals surface area contributed by atoms with E-state index in [1.54, 1.807) is 12.1 Å². The highest BCUT2D eigenvalue weighted by molar-refractivity contribution is 5.92. The number of fused-ring (bicyclic) bond motifs is 1. The molecule has 12 heteroatoms. The lowest BCUT2D eigenvalue weighted by Gasteiger charge is -2.34. The number of carbonyl (C=O) groups is 2. The number of hydrogen-bond acceptors (Lipinski definition) is 8. The van der Waals surface area contributed by atoms with Crippen molar-refractivity contribution in [3.63, 3.8) is 0 Å². The van der Waals surface area contributed by atoms with Crippen LogP contribution in [0.4, 0.5) is 10.1 Å². The lowest BCUT2D eigenvalue weighted by Crippen LogP contribution is -2.49. The molecule has 0 bridgehead atoms. The van der Waals surface area contributed by atoms with E-state index in [0.29, 0.717) is 44.3 Å². The van der Waals surface area contributed by atoms with Crippen LogP contribution in [0.2, 0.25) is 0 Å². The molecule has 2 aliphatic rings. The standard InChI is InChI=1S/C39H51FN8O3/c1-4-35-32(38(45-30-13-17-51-18-14-30)33-24-44-48(5-2)39(33)46-35)23-43-37(50)12-11-36(49)42-22-27-9-10-34(40)31(20-27)29-8-6-7-28(19-29)25-47-16-15-41-21-26(47)3/h6-10,19-20,24,26,30,41H,4-5,11-18,21-23,25H2,1-3H3,(H,42,49)(H,43,50)(H,45,46)/t26-/m0/s1. The van der Waals surface area contributed by atoms with Crippen LogP contribution in [0.15, 0.2) is 48.7 Å². The van der Waals surface area contributed by atoms with Gasteiger partial charge in [-0.25, -0.2) is 14.1 Å². The SMILES string of the molecule is CCc1nc2c(cnn2CC)c(NC2CCOCC2)c1CNC(=O)CCC(=O)NCc1ccc(F)c(-c2cccc(CN3CCNC[C@@H]3C)c2)c1. The van der Waals surface area contributed by atoms with Crippen molar-refractivity contribution in [1.82, 2.24) is 35.6 Å². The fraction of sp³-hybridized carbons (Fsp3) is 0.487. The molecule has 4 N–H and O–H groups in total. The minimum Gasteiger partial charge on any atom is -0.381 e. The van der Waals surface area contributed by atoms with E-state index in [9.17, 15) is 9.59 Å². The number of anilines is 1. The number of benzene rings is 2. The molecule has 2 saturated heterocycles. The first kappa shape index (κ1) is 36.4. The van der Waals surface area contributed by atoms with E-state index in [1.807, 2.05) is 36.0 Å². The van der Waals surface area contributed by atoms with E-state index in [2.05, 4.69) is 51.2 Å². The Morgan fingerprint density at radius 1 is 1.02 bits per heavy atom. The smallest absolute Gasteiger partial charge is 0.220 e. The van der Waals surface area contributed by atoms with Crippen molar-refractivity contribution in [3.05, 3.63) is 76.9 Å². The quantitative estimate of drug-likeness (QED) is 0.146. The molecule has 0 radical (unpaired) electrons. The Bertz CT molecular complexity index is 1820. The third-order valence-corrected chi connectivity index (χ3v) is 10.0. The van der Waals surface area contributed by atoms with Gasteiger partial charge in [-0.05, 0) is 68.0 Å². The van der Waals surface area contributed by atoms with Gasteiger partial charge in [-0.2, -0.15) is 5.10 Å². The summed E-state index contributed by atoms with van der Waals surface area (Å²) >= 11 is 0. The van der Waals surface area contributed by atoms with Gasteiger partial charge in [-0.3, -0.25) is 14.5 Å². The summed E-state index contributed by atoms with van der Waals surface area (Å²) in [5, 5.41) is 18.6. The van der Waals surface area contributed by atoms with Crippen LogP contribution in [0, 0.1) is 5.82 Å². The van der Waals surface area contributed by atoms with E-state index in [-0.39, 0.29) is 43.1 Å². The maximum absolute atomic E-state index is 15.0. The Morgan fingerprint density at radius 2 is 1.80 bits per heavy atom. The number of aryl methyl sites for hydroxylation is 2. The zero-order chi connectivity index (χ0) is 35.7. The minimum atomic E-state index is -0.305. The van der Waals surface area contributed by atoms with E-state index >= 15 is 4.39 Å². The second-order valence-electron chi connectivity index (χ2n) is 13.6. The highest BCUT2D eigenvalue weighted by Gasteiger charge is 2.22. The molecule has 51 heavy (non-hydrogen) atoms. The molecular weight excluding hydrogens is 647 g/mol. The normalized spacial score (nSPS) is 17.1. The maximum Gasteiger partial charge on any atom is 0.220 e. The molecule has 0 spiro atoms. The topological polar surface area (TPSA) is 125 Å². The Balaban J connectivity index is 1.04. The van der Waals surface area contributed by atoms with Crippen LogP contribution in [-0.4, -0.2) is 76.4 Å². The van der Waals surface area contributed by atoms with Crippen LogP contribution >= 0.6 is 0 Å². The summed E-state index contributed by atoms with van der Waals surface area (Å²) in [4.78, 5) is 33.2. The van der Waals surface area contributed by atoms with Gasteiger partial charge in [0.05, 0.1) is 17.3 Å². The first-order valence-electron chi connectivity index (χ1n) is 18.4. The lowest BCUT2D eigenvalue weighted by atomic mass is 10.00. The molecule has 2 amide bonds. The summed E-state index contributed by atoms with van der Waals surface area (Å²) in [6.07, 6.45) is 4.44. The number of carbonyl (C=O) groups excluding carboxylic acids is 2. The molecule has 4 aromatic rings. The van der Waals surface area contributed by atoms with Crippen molar-refractivity contribution in [2.45, 2.75) is 91.1 Å². The minimum absolute atomic E-state index is 0.0424. The largest absolute Gasteiger partial charge is 0.381 e. The van der Waals surface area contributed by atoms with Gasteiger partial charge in [-0.1, -0.05) is 31.2 Å². The van der Waals surface area contributed by atoms with Crippen LogP contribution in [0.3, 0.4) is 0 Å². The molecule has 6 rings (SSSR count). The molecule has 11 nitrogen and oxygen atoms in total. The van der Waals surface area contributed by atoms with Gasteiger partial charge in [0.1, 0.15) is 5.82 Å². The van der Waals surface area contributed by atoms with Crippen molar-refractivity contribution in [2.24, 2.45) is 0 Å². The van der Waals surface area contributed by atoms with Crippen molar-refractivity contribution in [2.75, 3.05) is 38.2 Å². The van der Waals surface area contributed by atoms with Crippen molar-refractivity contribution < 1.29 is 18.7 Å². The number of amides is 2. The van der Waals surface area contributed by atoms with E-state index < -0.39 is 0 Å². The average Bonchev–Trinajstić information content (AvgIpc) is 3.57. The molecule has 0 aliphatic carbocycles. The fourth-order valence-corrected chi connectivity index (χ4v) is 6.99. The zero-order valence-corrected chi connectivity index (χ0v) is 30.1.